The lowest BCUT2D eigenvalue weighted by Crippen LogP contribution is -2.48. The zero-order chi connectivity index (χ0) is 21.6. The molecule has 3 aromatic rings. The zero-order valence-electron chi connectivity index (χ0n) is 17.1. The van der Waals surface area contributed by atoms with Crippen molar-refractivity contribution in [3.05, 3.63) is 89.0 Å². The van der Waals surface area contributed by atoms with Crippen LogP contribution in [-0.4, -0.2) is 48.5 Å². The topological polar surface area (TPSA) is 78.7 Å². The average molecular weight is 416 g/mol. The number of hydrogen-bond acceptors (Lipinski definition) is 5. The van der Waals surface area contributed by atoms with Crippen molar-refractivity contribution in [1.82, 2.24) is 4.90 Å². The normalized spacial score (nSPS) is 14.3. The summed E-state index contributed by atoms with van der Waals surface area (Å²) in [5, 5.41) is 14.3. The van der Waals surface area contributed by atoms with Gasteiger partial charge in [-0.25, -0.2) is 0 Å². The predicted octanol–water partition coefficient (Wildman–Crippen LogP) is 4.02. The minimum absolute atomic E-state index is 0.0671. The smallest absolute Gasteiger partial charge is 0.292 e. The second-order valence-corrected chi connectivity index (χ2v) is 7.47. The van der Waals surface area contributed by atoms with Crippen LogP contribution in [0.3, 0.4) is 0 Å². The third-order valence-corrected chi connectivity index (χ3v) is 5.44. The van der Waals surface area contributed by atoms with Crippen molar-refractivity contribution in [2.24, 2.45) is 0 Å². The first-order chi connectivity index (χ1) is 15.1. The molecule has 0 atom stereocenters. The van der Waals surface area contributed by atoms with E-state index < -0.39 is 0 Å². The SMILES string of the molecule is O=C(CN1CCN(c2ccccc2[N+](=O)[O-])CC1)Nc1ccccc1-c1ccccc1. The number of para-hydroxylation sites is 3. The molecule has 1 amide bonds. The lowest BCUT2D eigenvalue weighted by atomic mass is 10.0. The second-order valence-electron chi connectivity index (χ2n) is 7.47. The molecule has 158 valence electrons. The van der Waals surface area contributed by atoms with E-state index in [1.165, 1.54) is 6.07 Å². The highest BCUT2D eigenvalue weighted by Crippen LogP contribution is 2.29. The Morgan fingerprint density at radius 3 is 2.26 bits per heavy atom. The molecule has 4 rings (SSSR count). The van der Waals surface area contributed by atoms with Crippen LogP contribution in [0.1, 0.15) is 0 Å². The van der Waals surface area contributed by atoms with Crippen LogP contribution < -0.4 is 10.2 Å². The van der Waals surface area contributed by atoms with E-state index in [9.17, 15) is 14.9 Å². The molecule has 0 unspecified atom stereocenters. The van der Waals surface area contributed by atoms with E-state index in [-0.39, 0.29) is 23.1 Å². The molecule has 1 saturated heterocycles. The van der Waals surface area contributed by atoms with Crippen LogP contribution in [0.4, 0.5) is 17.1 Å². The van der Waals surface area contributed by atoms with Gasteiger partial charge in [-0.1, -0.05) is 60.7 Å². The van der Waals surface area contributed by atoms with Crippen LogP contribution in [0.15, 0.2) is 78.9 Å². The van der Waals surface area contributed by atoms with Crippen molar-refractivity contribution in [2.75, 3.05) is 42.9 Å². The van der Waals surface area contributed by atoms with Gasteiger partial charge in [0.15, 0.2) is 0 Å². The predicted molar refractivity (Wildman–Crippen MR) is 122 cm³/mol. The number of nitrogens with one attached hydrogen (secondary N) is 1. The summed E-state index contributed by atoms with van der Waals surface area (Å²) >= 11 is 0. The third kappa shape index (κ3) is 4.90. The number of nitro benzene ring substituents is 1. The number of carbonyl (C=O) groups excluding carboxylic acids is 1. The molecule has 1 aliphatic heterocycles. The number of carbonyl (C=O) groups is 1. The first-order valence-electron chi connectivity index (χ1n) is 10.3. The maximum atomic E-state index is 12.7. The lowest BCUT2D eigenvalue weighted by Gasteiger charge is -2.35. The van der Waals surface area contributed by atoms with E-state index in [4.69, 9.17) is 0 Å². The molecular weight excluding hydrogens is 392 g/mol. The molecule has 1 N–H and O–H groups in total. The number of amides is 1. The quantitative estimate of drug-likeness (QED) is 0.485. The highest BCUT2D eigenvalue weighted by Gasteiger charge is 2.24. The molecule has 7 heteroatoms. The monoisotopic (exact) mass is 416 g/mol. The third-order valence-electron chi connectivity index (χ3n) is 5.44. The van der Waals surface area contributed by atoms with Crippen LogP contribution >= 0.6 is 0 Å². The molecule has 0 radical (unpaired) electrons. The molecule has 1 aliphatic rings. The highest BCUT2D eigenvalue weighted by molar-refractivity contribution is 5.96. The lowest BCUT2D eigenvalue weighted by molar-refractivity contribution is -0.384. The zero-order valence-corrected chi connectivity index (χ0v) is 17.1. The van der Waals surface area contributed by atoms with Crippen molar-refractivity contribution >= 4 is 23.0 Å². The Kier molecular flexibility index (Phi) is 6.24. The van der Waals surface area contributed by atoms with Gasteiger partial charge in [0.2, 0.25) is 5.91 Å². The molecule has 31 heavy (non-hydrogen) atoms. The van der Waals surface area contributed by atoms with Gasteiger partial charge in [0.1, 0.15) is 5.69 Å². The first-order valence-corrected chi connectivity index (χ1v) is 10.3. The van der Waals surface area contributed by atoms with E-state index >= 15 is 0 Å². The van der Waals surface area contributed by atoms with Crippen molar-refractivity contribution in [3.63, 3.8) is 0 Å². The van der Waals surface area contributed by atoms with Gasteiger partial charge in [0, 0.05) is 43.5 Å². The highest BCUT2D eigenvalue weighted by atomic mass is 16.6. The Hall–Kier alpha value is -3.71. The maximum Gasteiger partial charge on any atom is 0.292 e. The summed E-state index contributed by atoms with van der Waals surface area (Å²) in [7, 11) is 0. The minimum Gasteiger partial charge on any atom is -0.363 e. The summed E-state index contributed by atoms with van der Waals surface area (Å²) in [6.07, 6.45) is 0. The number of nitrogens with zero attached hydrogens (tertiary/aromatic N) is 3. The van der Waals surface area contributed by atoms with Gasteiger partial charge >= 0.3 is 0 Å². The van der Waals surface area contributed by atoms with Crippen LogP contribution in [0, 0.1) is 10.1 Å². The molecule has 3 aromatic carbocycles. The maximum absolute atomic E-state index is 12.7. The van der Waals surface area contributed by atoms with Crippen LogP contribution in [0.25, 0.3) is 11.1 Å². The number of anilines is 2. The largest absolute Gasteiger partial charge is 0.363 e. The second kappa shape index (κ2) is 9.40. The van der Waals surface area contributed by atoms with E-state index in [1.807, 2.05) is 65.6 Å². The first kappa shape index (κ1) is 20.6. The van der Waals surface area contributed by atoms with E-state index in [0.717, 1.165) is 16.8 Å². The van der Waals surface area contributed by atoms with Crippen LogP contribution in [0.5, 0.6) is 0 Å². The molecule has 7 nitrogen and oxygen atoms in total. The summed E-state index contributed by atoms with van der Waals surface area (Å²) in [5.74, 6) is -0.0671. The fourth-order valence-corrected chi connectivity index (χ4v) is 3.89. The molecule has 0 spiro atoms. The van der Waals surface area contributed by atoms with E-state index in [2.05, 4.69) is 10.2 Å². The fraction of sp³-hybridized carbons (Fsp3) is 0.208. The number of rotatable bonds is 6. The summed E-state index contributed by atoms with van der Waals surface area (Å²) in [5.41, 5.74) is 3.57. The van der Waals surface area contributed by atoms with Crippen molar-refractivity contribution in [1.29, 1.82) is 0 Å². The van der Waals surface area contributed by atoms with E-state index in [0.29, 0.717) is 31.9 Å². The summed E-state index contributed by atoms with van der Waals surface area (Å²) in [6, 6.07) is 24.5. The minimum atomic E-state index is -0.348. The number of benzene rings is 3. The Bertz CT molecular complexity index is 1060. The van der Waals surface area contributed by atoms with Gasteiger partial charge < -0.3 is 10.2 Å². The Morgan fingerprint density at radius 1 is 0.871 bits per heavy atom. The van der Waals surface area contributed by atoms with Crippen LogP contribution in [-0.2, 0) is 4.79 Å². The van der Waals surface area contributed by atoms with Crippen molar-refractivity contribution < 1.29 is 9.72 Å². The van der Waals surface area contributed by atoms with Crippen LogP contribution in [0.2, 0.25) is 0 Å². The number of nitro groups is 1. The molecule has 1 fully saturated rings. The summed E-state index contributed by atoms with van der Waals surface area (Å²) in [4.78, 5) is 27.7. The van der Waals surface area contributed by atoms with Gasteiger partial charge in [0.25, 0.3) is 5.69 Å². The number of hydrogen-bond donors (Lipinski definition) is 1. The molecule has 0 aliphatic carbocycles. The summed E-state index contributed by atoms with van der Waals surface area (Å²) < 4.78 is 0. The molecule has 0 aromatic heterocycles. The molecule has 0 saturated carbocycles. The van der Waals surface area contributed by atoms with Crippen molar-refractivity contribution in [2.45, 2.75) is 0 Å². The van der Waals surface area contributed by atoms with E-state index in [1.54, 1.807) is 12.1 Å². The molecule has 1 heterocycles. The number of piperazine rings is 1. The Morgan fingerprint density at radius 2 is 1.52 bits per heavy atom. The van der Waals surface area contributed by atoms with Gasteiger partial charge in [0.05, 0.1) is 11.5 Å². The molecule has 0 bridgehead atoms. The molecular formula is C24H24N4O3. The average Bonchev–Trinajstić information content (AvgIpc) is 2.80. The standard InChI is InChI=1S/C24H24N4O3/c29-24(25-21-11-5-4-10-20(21)19-8-2-1-3-9-19)18-26-14-16-27(17-15-26)22-12-6-7-13-23(22)28(30)31/h1-13H,14-18H2,(H,25,29). The van der Waals surface area contributed by atoms with Crippen molar-refractivity contribution in [3.8, 4) is 11.1 Å². The fourth-order valence-electron chi connectivity index (χ4n) is 3.89. The Labute approximate surface area is 181 Å². The van der Waals surface area contributed by atoms with Gasteiger partial charge in [-0.15, -0.1) is 0 Å². The van der Waals surface area contributed by atoms with Gasteiger partial charge in [-0.05, 0) is 17.7 Å². The van der Waals surface area contributed by atoms with Gasteiger partial charge in [-0.2, -0.15) is 0 Å². The Balaban J connectivity index is 1.36. The summed E-state index contributed by atoms with van der Waals surface area (Å²) in [6.45, 7) is 2.89. The van der Waals surface area contributed by atoms with Gasteiger partial charge in [-0.3, -0.25) is 19.8 Å².